The van der Waals surface area contributed by atoms with Gasteiger partial charge >= 0.3 is 6.18 Å². The van der Waals surface area contributed by atoms with E-state index in [1.54, 1.807) is 0 Å². The maximum atomic E-state index is 14.1. The lowest BCUT2D eigenvalue weighted by molar-refractivity contribution is -0.143. The average Bonchev–Trinajstić information content (AvgIpc) is 2.56. The number of carbonyl (C=O) groups is 1. The van der Waals surface area contributed by atoms with Crippen LogP contribution in [0, 0.1) is 5.82 Å². The quantitative estimate of drug-likeness (QED) is 0.827. The lowest BCUT2D eigenvalue weighted by Gasteiger charge is -2.44. The molecule has 5 nitrogen and oxygen atoms in total. The van der Waals surface area contributed by atoms with Crippen molar-refractivity contribution >= 4 is 5.91 Å². The molecule has 2 fully saturated rings. The summed E-state index contributed by atoms with van der Waals surface area (Å²) in [7, 11) is 1.85. The zero-order chi connectivity index (χ0) is 18.9. The molecule has 0 radical (unpaired) electrons. The Kier molecular flexibility index (Phi) is 5.17. The van der Waals surface area contributed by atoms with Gasteiger partial charge in [-0.05, 0) is 30.7 Å². The Balaban J connectivity index is 1.62. The van der Waals surface area contributed by atoms with Gasteiger partial charge < -0.3 is 10.2 Å². The Labute approximate surface area is 148 Å². The minimum Gasteiger partial charge on any atom is -0.394 e. The van der Waals surface area contributed by atoms with E-state index in [0.717, 1.165) is 38.2 Å². The number of halogens is 4. The predicted octanol–water partition coefficient (Wildman–Crippen LogP) is 2.26. The largest absolute Gasteiger partial charge is 0.436 e. The number of alkyl halides is 3. The SMILES string of the molecule is CNC=C1CN(C2CCN(C(=O)c3ccnc(C(F)(F)F)c3F)CC2)C1. The molecule has 0 spiro atoms. The van der Waals surface area contributed by atoms with Gasteiger partial charge in [-0.3, -0.25) is 9.69 Å². The molecule has 142 valence electrons. The summed E-state index contributed by atoms with van der Waals surface area (Å²) in [6.45, 7) is 2.56. The number of likely N-dealkylation sites (tertiary alicyclic amines) is 2. The molecule has 2 aliphatic rings. The number of nitrogens with one attached hydrogen (secondary N) is 1. The van der Waals surface area contributed by atoms with Gasteiger partial charge in [-0.25, -0.2) is 9.37 Å². The molecule has 26 heavy (non-hydrogen) atoms. The van der Waals surface area contributed by atoms with Crippen molar-refractivity contribution in [3.05, 3.63) is 41.1 Å². The molecule has 0 atom stereocenters. The number of piperidine rings is 1. The lowest BCUT2D eigenvalue weighted by Crippen LogP contribution is -2.52. The second kappa shape index (κ2) is 7.22. The Bertz CT molecular complexity index is 703. The first-order valence-corrected chi connectivity index (χ1v) is 8.41. The Morgan fingerprint density at radius 1 is 1.31 bits per heavy atom. The van der Waals surface area contributed by atoms with Crippen molar-refractivity contribution in [3.8, 4) is 0 Å². The fourth-order valence-electron chi connectivity index (χ4n) is 3.44. The molecule has 1 N–H and O–H groups in total. The van der Waals surface area contributed by atoms with Crippen molar-refractivity contribution < 1.29 is 22.4 Å². The summed E-state index contributed by atoms with van der Waals surface area (Å²) < 4.78 is 52.4. The minimum atomic E-state index is -4.93. The number of hydrogen-bond acceptors (Lipinski definition) is 4. The molecule has 2 saturated heterocycles. The first kappa shape index (κ1) is 18.6. The zero-order valence-corrected chi connectivity index (χ0v) is 14.3. The van der Waals surface area contributed by atoms with E-state index in [9.17, 15) is 22.4 Å². The van der Waals surface area contributed by atoms with Crippen LogP contribution in [0.3, 0.4) is 0 Å². The number of aromatic nitrogens is 1. The number of hydrogen-bond donors (Lipinski definition) is 1. The molecule has 3 heterocycles. The van der Waals surface area contributed by atoms with Crippen molar-refractivity contribution in [1.29, 1.82) is 0 Å². The fourth-order valence-corrected chi connectivity index (χ4v) is 3.44. The standard InChI is InChI=1S/C17H20F4N4O/c1-22-8-11-9-25(10-11)12-3-6-24(7-4-12)16(26)13-2-5-23-15(14(13)18)17(19,20)21/h2,5,8,12,22H,3-4,6-7,9-10H2,1H3. The van der Waals surface area contributed by atoms with Crippen LogP contribution in [0.4, 0.5) is 17.6 Å². The van der Waals surface area contributed by atoms with Crippen molar-refractivity contribution in [1.82, 2.24) is 20.1 Å². The summed E-state index contributed by atoms with van der Waals surface area (Å²) in [4.78, 5) is 19.2. The van der Waals surface area contributed by atoms with E-state index in [1.165, 1.54) is 10.5 Å². The molecule has 1 aromatic rings. The van der Waals surface area contributed by atoms with Gasteiger partial charge in [0.1, 0.15) is 0 Å². The number of amides is 1. The summed E-state index contributed by atoms with van der Waals surface area (Å²) in [6, 6.07) is 1.34. The molecule has 0 unspecified atom stereocenters. The minimum absolute atomic E-state index is 0.334. The third kappa shape index (κ3) is 3.67. The van der Waals surface area contributed by atoms with Crippen LogP contribution in [0.5, 0.6) is 0 Å². The van der Waals surface area contributed by atoms with Gasteiger partial charge in [0.05, 0.1) is 5.56 Å². The molecule has 1 aromatic heterocycles. The van der Waals surface area contributed by atoms with Gasteiger partial charge in [-0.1, -0.05) is 0 Å². The lowest BCUT2D eigenvalue weighted by atomic mass is 9.97. The molecule has 0 saturated carbocycles. The smallest absolute Gasteiger partial charge is 0.394 e. The maximum absolute atomic E-state index is 14.1. The molecule has 3 rings (SSSR count). The topological polar surface area (TPSA) is 48.5 Å². The molecule has 2 aliphatic heterocycles. The van der Waals surface area contributed by atoms with Crippen LogP contribution in [-0.4, -0.2) is 60.0 Å². The van der Waals surface area contributed by atoms with Gasteiger partial charge in [0.25, 0.3) is 5.91 Å². The van der Waals surface area contributed by atoms with Crippen LogP contribution in [0.25, 0.3) is 0 Å². The summed E-state index contributed by atoms with van der Waals surface area (Å²) in [5, 5.41) is 2.99. The van der Waals surface area contributed by atoms with Gasteiger partial charge in [0.15, 0.2) is 11.5 Å². The van der Waals surface area contributed by atoms with E-state index in [0.29, 0.717) is 19.1 Å². The highest BCUT2D eigenvalue weighted by Gasteiger charge is 2.39. The van der Waals surface area contributed by atoms with Crippen LogP contribution < -0.4 is 5.32 Å². The summed E-state index contributed by atoms with van der Waals surface area (Å²) in [6.07, 6.45) is -0.695. The maximum Gasteiger partial charge on any atom is 0.436 e. The third-order valence-corrected chi connectivity index (χ3v) is 4.82. The van der Waals surface area contributed by atoms with Crippen LogP contribution in [0.1, 0.15) is 28.9 Å². The van der Waals surface area contributed by atoms with Crippen LogP contribution in [0.2, 0.25) is 0 Å². The third-order valence-electron chi connectivity index (χ3n) is 4.82. The van der Waals surface area contributed by atoms with E-state index in [-0.39, 0.29) is 0 Å². The highest BCUT2D eigenvalue weighted by molar-refractivity contribution is 5.94. The predicted molar refractivity (Wildman–Crippen MR) is 86.8 cm³/mol. The van der Waals surface area contributed by atoms with E-state index in [4.69, 9.17) is 0 Å². The van der Waals surface area contributed by atoms with E-state index in [2.05, 4.69) is 15.2 Å². The summed E-state index contributed by atoms with van der Waals surface area (Å²) >= 11 is 0. The van der Waals surface area contributed by atoms with E-state index >= 15 is 0 Å². The van der Waals surface area contributed by atoms with Crippen LogP contribution in [-0.2, 0) is 6.18 Å². The first-order chi connectivity index (χ1) is 12.3. The molecule has 9 heteroatoms. The van der Waals surface area contributed by atoms with Gasteiger partial charge in [-0.2, -0.15) is 13.2 Å². The number of pyridine rings is 1. The van der Waals surface area contributed by atoms with Crippen molar-refractivity contribution in [2.24, 2.45) is 0 Å². The summed E-state index contributed by atoms with van der Waals surface area (Å²) in [5.41, 5.74) is -0.916. The second-order valence-electron chi connectivity index (χ2n) is 6.54. The number of rotatable bonds is 3. The highest BCUT2D eigenvalue weighted by atomic mass is 19.4. The van der Waals surface area contributed by atoms with Crippen molar-refractivity contribution in [2.45, 2.75) is 25.1 Å². The highest BCUT2D eigenvalue weighted by Crippen LogP contribution is 2.31. The van der Waals surface area contributed by atoms with Crippen molar-refractivity contribution in [3.63, 3.8) is 0 Å². The molecule has 1 amide bonds. The van der Waals surface area contributed by atoms with E-state index < -0.39 is 29.2 Å². The normalized spacial score (nSPS) is 19.3. The Morgan fingerprint density at radius 3 is 2.54 bits per heavy atom. The van der Waals surface area contributed by atoms with Crippen LogP contribution >= 0.6 is 0 Å². The Morgan fingerprint density at radius 2 is 1.96 bits per heavy atom. The fraction of sp³-hybridized carbons (Fsp3) is 0.529. The molecule has 0 aromatic carbocycles. The van der Waals surface area contributed by atoms with Crippen LogP contribution in [0.15, 0.2) is 24.0 Å². The second-order valence-corrected chi connectivity index (χ2v) is 6.54. The molecule has 0 aliphatic carbocycles. The summed E-state index contributed by atoms with van der Waals surface area (Å²) in [5.74, 6) is -2.31. The first-order valence-electron chi connectivity index (χ1n) is 8.41. The molecular formula is C17H20F4N4O. The van der Waals surface area contributed by atoms with E-state index in [1.807, 2.05) is 13.2 Å². The monoisotopic (exact) mass is 372 g/mol. The number of carbonyl (C=O) groups excluding carboxylic acids is 1. The molecular weight excluding hydrogens is 352 g/mol. The van der Waals surface area contributed by atoms with Gasteiger partial charge in [0.2, 0.25) is 0 Å². The number of nitrogens with zero attached hydrogens (tertiary/aromatic N) is 3. The van der Waals surface area contributed by atoms with Gasteiger partial charge in [0, 0.05) is 45.5 Å². The zero-order valence-electron chi connectivity index (χ0n) is 14.3. The van der Waals surface area contributed by atoms with Crippen molar-refractivity contribution in [2.75, 3.05) is 33.2 Å². The van der Waals surface area contributed by atoms with Gasteiger partial charge in [-0.15, -0.1) is 0 Å². The molecule has 0 bridgehead atoms. The average molecular weight is 372 g/mol. The Hall–Kier alpha value is -2.16.